The van der Waals surface area contributed by atoms with Crippen molar-refractivity contribution in [3.05, 3.63) is 88.3 Å². The van der Waals surface area contributed by atoms with Crippen LogP contribution in [0.25, 0.3) is 21.5 Å². The number of carbonyl (C=O) groups excluding carboxylic acids is 1. The Morgan fingerprint density at radius 1 is 0.967 bits per heavy atom. The van der Waals surface area contributed by atoms with Crippen LogP contribution < -0.4 is 11.0 Å². The van der Waals surface area contributed by atoms with E-state index in [1.54, 1.807) is 24.3 Å². The van der Waals surface area contributed by atoms with Crippen LogP contribution in [0.15, 0.2) is 76.6 Å². The zero-order chi connectivity index (χ0) is 21.3. The molecule has 1 amide bonds. The molecule has 1 aromatic heterocycles. The molecule has 0 spiro atoms. The number of rotatable bonds is 4. The first-order valence-corrected chi connectivity index (χ1v) is 9.81. The molecule has 1 heterocycles. The Balaban J connectivity index is 1.68. The van der Waals surface area contributed by atoms with E-state index in [1.807, 2.05) is 63.2 Å². The average Bonchev–Trinajstić information content (AvgIpc) is 2.77. The van der Waals surface area contributed by atoms with Crippen LogP contribution >= 0.6 is 0 Å². The summed E-state index contributed by atoms with van der Waals surface area (Å²) in [5.74, 6) is -0.458. The van der Waals surface area contributed by atoms with Gasteiger partial charge in [-0.05, 0) is 49.2 Å². The molecule has 4 aromatic rings. The highest BCUT2D eigenvalue weighted by molar-refractivity contribution is 6.06. The second-order valence-corrected chi connectivity index (χ2v) is 7.44. The van der Waals surface area contributed by atoms with Crippen LogP contribution in [0.3, 0.4) is 0 Å². The summed E-state index contributed by atoms with van der Waals surface area (Å²) >= 11 is 0. The van der Waals surface area contributed by atoms with Crippen molar-refractivity contribution >= 4 is 33.2 Å². The zero-order valence-corrected chi connectivity index (χ0v) is 17.1. The predicted molar refractivity (Wildman–Crippen MR) is 120 cm³/mol. The topological polar surface area (TPSA) is 76.3 Å². The highest BCUT2D eigenvalue weighted by atomic mass is 16.2. The molecular weight excluding hydrogens is 376 g/mol. The summed E-state index contributed by atoms with van der Waals surface area (Å²) in [7, 11) is 0. The minimum atomic E-state index is -0.458. The lowest BCUT2D eigenvalue weighted by molar-refractivity contribution is 0.0949. The van der Waals surface area contributed by atoms with Gasteiger partial charge >= 0.3 is 0 Å². The summed E-state index contributed by atoms with van der Waals surface area (Å²) in [6.45, 7) is 5.55. The Kier molecular flexibility index (Phi) is 5.14. The maximum absolute atomic E-state index is 12.9. The van der Waals surface area contributed by atoms with Crippen molar-refractivity contribution in [3.8, 4) is 0 Å². The molecule has 0 saturated carbocycles. The third-order valence-electron chi connectivity index (χ3n) is 5.03. The fraction of sp³-hybridized carbons (Fsp3) is 0.167. The summed E-state index contributed by atoms with van der Waals surface area (Å²) in [6, 6.07) is 20.9. The summed E-state index contributed by atoms with van der Waals surface area (Å²) in [5.41, 5.74) is 4.15. The number of carbonyl (C=O) groups is 1. The molecule has 0 saturated heterocycles. The SMILES string of the molecule is C/C(=N/NC(=O)c1nn(C(C)C)c(=O)c2ccccc12)c1ccc2ccccc2c1. The molecule has 150 valence electrons. The third-order valence-corrected chi connectivity index (χ3v) is 5.03. The first-order valence-electron chi connectivity index (χ1n) is 9.81. The Labute approximate surface area is 173 Å². The lowest BCUT2D eigenvalue weighted by Crippen LogP contribution is -2.30. The van der Waals surface area contributed by atoms with Crippen LogP contribution in [0, 0.1) is 0 Å². The number of benzene rings is 3. The van der Waals surface area contributed by atoms with Crippen molar-refractivity contribution in [2.24, 2.45) is 5.10 Å². The molecule has 0 aliphatic heterocycles. The fourth-order valence-electron chi connectivity index (χ4n) is 3.39. The van der Waals surface area contributed by atoms with E-state index in [0.29, 0.717) is 16.5 Å². The molecule has 0 unspecified atom stereocenters. The lowest BCUT2D eigenvalue weighted by atomic mass is 10.0. The van der Waals surface area contributed by atoms with E-state index in [2.05, 4.69) is 15.6 Å². The molecule has 30 heavy (non-hydrogen) atoms. The normalized spacial score (nSPS) is 11.9. The van der Waals surface area contributed by atoms with Crippen LogP contribution in [-0.2, 0) is 0 Å². The van der Waals surface area contributed by atoms with Gasteiger partial charge in [0, 0.05) is 5.39 Å². The van der Waals surface area contributed by atoms with Gasteiger partial charge in [0.1, 0.15) is 0 Å². The molecule has 1 N–H and O–H groups in total. The van der Waals surface area contributed by atoms with Crippen molar-refractivity contribution < 1.29 is 4.79 Å². The van der Waals surface area contributed by atoms with Crippen LogP contribution in [-0.4, -0.2) is 21.4 Å². The number of hydrogen-bond acceptors (Lipinski definition) is 4. The number of fused-ring (bicyclic) bond motifs is 2. The van der Waals surface area contributed by atoms with Gasteiger partial charge in [-0.25, -0.2) is 10.1 Å². The number of amides is 1. The van der Waals surface area contributed by atoms with Crippen molar-refractivity contribution in [1.29, 1.82) is 0 Å². The summed E-state index contributed by atoms with van der Waals surface area (Å²) < 4.78 is 1.33. The van der Waals surface area contributed by atoms with Crippen molar-refractivity contribution in [1.82, 2.24) is 15.2 Å². The van der Waals surface area contributed by atoms with Gasteiger partial charge in [-0.1, -0.05) is 54.6 Å². The number of aromatic nitrogens is 2. The van der Waals surface area contributed by atoms with Gasteiger partial charge in [-0.2, -0.15) is 10.2 Å². The second-order valence-electron chi connectivity index (χ2n) is 7.44. The molecule has 6 nitrogen and oxygen atoms in total. The largest absolute Gasteiger partial charge is 0.292 e. The van der Waals surface area contributed by atoms with Crippen LogP contribution in [0.1, 0.15) is 42.9 Å². The van der Waals surface area contributed by atoms with Gasteiger partial charge in [0.15, 0.2) is 5.69 Å². The molecule has 0 radical (unpaired) electrons. The van der Waals surface area contributed by atoms with Gasteiger partial charge in [-0.15, -0.1) is 0 Å². The van der Waals surface area contributed by atoms with E-state index < -0.39 is 5.91 Å². The average molecular weight is 398 g/mol. The van der Waals surface area contributed by atoms with Crippen LogP contribution in [0.4, 0.5) is 0 Å². The van der Waals surface area contributed by atoms with Gasteiger partial charge in [0.05, 0.1) is 17.1 Å². The third kappa shape index (κ3) is 3.59. The minimum absolute atomic E-state index is 0.170. The van der Waals surface area contributed by atoms with Crippen LogP contribution in [0.5, 0.6) is 0 Å². The van der Waals surface area contributed by atoms with Crippen molar-refractivity contribution in [3.63, 3.8) is 0 Å². The van der Waals surface area contributed by atoms with Gasteiger partial charge in [0.2, 0.25) is 0 Å². The van der Waals surface area contributed by atoms with E-state index in [9.17, 15) is 9.59 Å². The van der Waals surface area contributed by atoms with Gasteiger partial charge in [0.25, 0.3) is 11.5 Å². The van der Waals surface area contributed by atoms with E-state index in [1.165, 1.54) is 4.68 Å². The molecule has 3 aromatic carbocycles. The summed E-state index contributed by atoms with van der Waals surface area (Å²) in [6.07, 6.45) is 0. The number of nitrogens with zero attached hydrogens (tertiary/aromatic N) is 3. The first kappa shape index (κ1) is 19.5. The Bertz CT molecular complexity index is 1350. The summed E-state index contributed by atoms with van der Waals surface area (Å²) in [4.78, 5) is 25.5. The van der Waals surface area contributed by atoms with Crippen molar-refractivity contribution in [2.45, 2.75) is 26.8 Å². The van der Waals surface area contributed by atoms with Crippen molar-refractivity contribution in [2.75, 3.05) is 0 Å². The quantitative estimate of drug-likeness (QED) is 0.412. The second kappa shape index (κ2) is 7.91. The van der Waals surface area contributed by atoms with Gasteiger partial charge in [-0.3, -0.25) is 9.59 Å². The maximum atomic E-state index is 12.9. The Hall–Kier alpha value is -3.80. The first-order chi connectivity index (χ1) is 14.5. The highest BCUT2D eigenvalue weighted by Gasteiger charge is 2.17. The van der Waals surface area contributed by atoms with E-state index in [4.69, 9.17) is 0 Å². The fourth-order valence-corrected chi connectivity index (χ4v) is 3.39. The van der Waals surface area contributed by atoms with Gasteiger partial charge < -0.3 is 0 Å². The van der Waals surface area contributed by atoms with E-state index in [-0.39, 0.29) is 17.3 Å². The Morgan fingerprint density at radius 2 is 1.63 bits per heavy atom. The zero-order valence-electron chi connectivity index (χ0n) is 17.1. The molecule has 6 heteroatoms. The van der Waals surface area contributed by atoms with Crippen LogP contribution in [0.2, 0.25) is 0 Å². The lowest BCUT2D eigenvalue weighted by Gasteiger charge is -2.12. The number of hydrazone groups is 1. The molecule has 4 rings (SSSR count). The molecule has 0 fully saturated rings. The molecular formula is C24H22N4O2. The maximum Gasteiger partial charge on any atom is 0.292 e. The smallest absolute Gasteiger partial charge is 0.267 e. The van der Waals surface area contributed by atoms with E-state index in [0.717, 1.165) is 16.3 Å². The molecule has 0 aliphatic carbocycles. The standard InChI is InChI=1S/C24H22N4O2/c1-15(2)28-24(30)21-11-7-6-10-20(21)22(27-28)23(29)26-25-16(3)18-13-12-17-8-4-5-9-19(17)14-18/h4-15H,1-3H3,(H,26,29)/b25-16-. The molecule has 0 bridgehead atoms. The molecule has 0 aliphatic rings. The number of nitrogens with one attached hydrogen (secondary N) is 1. The highest BCUT2D eigenvalue weighted by Crippen LogP contribution is 2.17. The molecule has 0 atom stereocenters. The predicted octanol–water partition coefficient (Wildman–Crippen LogP) is 4.28. The van der Waals surface area contributed by atoms with E-state index >= 15 is 0 Å². The Morgan fingerprint density at radius 3 is 2.37 bits per heavy atom. The minimum Gasteiger partial charge on any atom is -0.267 e. The number of hydrogen-bond donors (Lipinski definition) is 1. The summed E-state index contributed by atoms with van der Waals surface area (Å²) in [5, 5.41) is 11.8. The monoisotopic (exact) mass is 398 g/mol.